The van der Waals surface area contributed by atoms with E-state index < -0.39 is 5.97 Å². The summed E-state index contributed by atoms with van der Waals surface area (Å²) in [5.74, 6) is 5.30. The Balaban J connectivity index is 2.49. The van der Waals surface area contributed by atoms with Crippen LogP contribution in [0, 0.1) is 0 Å². The van der Waals surface area contributed by atoms with Gasteiger partial charge in [0.25, 0.3) is 0 Å². The zero-order valence-electron chi connectivity index (χ0n) is 11.7. The van der Waals surface area contributed by atoms with Crippen LogP contribution < -0.4 is 10.9 Å². The molecule has 1 aromatic heterocycles. The zero-order chi connectivity index (χ0) is 15.2. The van der Waals surface area contributed by atoms with E-state index in [1.807, 2.05) is 36.4 Å². The van der Waals surface area contributed by atoms with Gasteiger partial charge in [0.15, 0.2) is 0 Å². The van der Waals surface area contributed by atoms with Gasteiger partial charge in [0.05, 0.1) is 24.0 Å². The van der Waals surface area contributed by atoms with Crippen molar-refractivity contribution in [3.8, 4) is 0 Å². The molecule has 2 rings (SSSR count). The maximum Gasteiger partial charge on any atom is 0.307 e. The van der Waals surface area contributed by atoms with E-state index in [1.54, 1.807) is 25.4 Å². The number of hydrazine groups is 1. The van der Waals surface area contributed by atoms with Gasteiger partial charge in [-0.25, -0.2) is 5.84 Å². The number of hydrogen-bond donors (Lipinski definition) is 2. The van der Waals surface area contributed by atoms with Gasteiger partial charge >= 0.3 is 5.97 Å². The number of aromatic nitrogens is 1. The molecule has 0 radical (unpaired) electrons. The van der Waals surface area contributed by atoms with Crippen LogP contribution in [0.3, 0.4) is 0 Å². The van der Waals surface area contributed by atoms with Crippen LogP contribution >= 0.6 is 0 Å². The average molecular weight is 283 g/mol. The molecular weight excluding hydrogens is 266 g/mol. The van der Waals surface area contributed by atoms with Crippen LogP contribution in [0.15, 0.2) is 60.4 Å². The Kier molecular flexibility index (Phi) is 4.68. The van der Waals surface area contributed by atoms with Crippen molar-refractivity contribution in [2.24, 2.45) is 5.84 Å². The Bertz CT molecular complexity index is 639. The molecule has 0 aliphatic carbocycles. The van der Waals surface area contributed by atoms with Gasteiger partial charge in [0, 0.05) is 6.20 Å². The minimum absolute atomic E-state index is 0.0712. The Labute approximate surface area is 123 Å². The first kappa shape index (κ1) is 14.7. The lowest BCUT2D eigenvalue weighted by molar-refractivity contribution is -0.136. The summed E-state index contributed by atoms with van der Waals surface area (Å²) in [6.07, 6.45) is 3.22. The summed E-state index contributed by atoms with van der Waals surface area (Å²) < 4.78 is 0. The van der Waals surface area contributed by atoms with Crippen LogP contribution in [0.5, 0.6) is 0 Å². The van der Waals surface area contributed by atoms with Crippen LogP contribution in [-0.2, 0) is 4.79 Å². The van der Waals surface area contributed by atoms with E-state index >= 15 is 0 Å². The molecule has 5 nitrogen and oxygen atoms in total. The molecule has 0 bridgehead atoms. The number of benzene rings is 1. The molecule has 0 saturated heterocycles. The third-order valence-corrected chi connectivity index (χ3v) is 3.03. The largest absolute Gasteiger partial charge is 0.481 e. The minimum atomic E-state index is -0.888. The van der Waals surface area contributed by atoms with E-state index in [9.17, 15) is 4.79 Å². The van der Waals surface area contributed by atoms with Gasteiger partial charge in [0.2, 0.25) is 0 Å². The van der Waals surface area contributed by atoms with Gasteiger partial charge in [-0.05, 0) is 30.2 Å². The van der Waals surface area contributed by atoms with Crippen LogP contribution in [0.25, 0.3) is 5.70 Å². The summed E-state index contributed by atoms with van der Waals surface area (Å²) in [6, 6.07) is 13.1. The van der Waals surface area contributed by atoms with Crippen molar-refractivity contribution in [2.45, 2.75) is 13.3 Å². The number of nitrogens with zero attached hydrogens (tertiary/aromatic N) is 2. The predicted molar refractivity (Wildman–Crippen MR) is 82.2 cm³/mol. The average Bonchev–Trinajstić information content (AvgIpc) is 2.48. The number of carboxylic acid groups (broad SMARTS) is 1. The summed E-state index contributed by atoms with van der Waals surface area (Å²) in [4.78, 5) is 15.0. The Hall–Kier alpha value is -2.66. The first-order valence-corrected chi connectivity index (χ1v) is 6.51. The molecule has 2 aromatic rings. The molecule has 0 unspecified atom stereocenters. The summed E-state index contributed by atoms with van der Waals surface area (Å²) >= 11 is 0. The van der Waals surface area contributed by atoms with E-state index in [4.69, 9.17) is 10.9 Å². The zero-order valence-corrected chi connectivity index (χ0v) is 11.7. The van der Waals surface area contributed by atoms with Gasteiger partial charge in [0.1, 0.15) is 0 Å². The lowest BCUT2D eigenvalue weighted by Gasteiger charge is -2.24. The van der Waals surface area contributed by atoms with Crippen molar-refractivity contribution in [3.05, 3.63) is 66.0 Å². The maximum absolute atomic E-state index is 11.0. The smallest absolute Gasteiger partial charge is 0.307 e. The highest BCUT2D eigenvalue weighted by Gasteiger charge is 2.15. The van der Waals surface area contributed by atoms with Gasteiger partial charge in [-0.2, -0.15) is 0 Å². The second-order valence-electron chi connectivity index (χ2n) is 4.65. The molecule has 108 valence electrons. The van der Waals surface area contributed by atoms with E-state index in [0.717, 1.165) is 5.56 Å². The topological polar surface area (TPSA) is 79.5 Å². The second-order valence-corrected chi connectivity index (χ2v) is 4.65. The highest BCUT2D eigenvalue weighted by atomic mass is 16.4. The van der Waals surface area contributed by atoms with Crippen molar-refractivity contribution < 1.29 is 9.90 Å². The summed E-state index contributed by atoms with van der Waals surface area (Å²) in [6.45, 7) is 1.77. The lowest BCUT2D eigenvalue weighted by atomic mass is 10.0. The molecule has 0 aliphatic rings. The fourth-order valence-electron chi connectivity index (χ4n) is 2.12. The van der Waals surface area contributed by atoms with Crippen molar-refractivity contribution >= 4 is 17.4 Å². The first-order valence-electron chi connectivity index (χ1n) is 6.51. The first-order chi connectivity index (χ1) is 10.1. The van der Waals surface area contributed by atoms with Gasteiger partial charge in [-0.15, -0.1) is 0 Å². The van der Waals surface area contributed by atoms with Crippen molar-refractivity contribution in [3.63, 3.8) is 0 Å². The van der Waals surface area contributed by atoms with Crippen molar-refractivity contribution in [1.29, 1.82) is 0 Å². The normalized spacial score (nSPS) is 11.7. The molecule has 5 heteroatoms. The van der Waals surface area contributed by atoms with Crippen LogP contribution in [0.2, 0.25) is 0 Å². The predicted octanol–water partition coefficient (Wildman–Crippen LogP) is 2.67. The van der Waals surface area contributed by atoms with Gasteiger partial charge < -0.3 is 5.11 Å². The van der Waals surface area contributed by atoms with E-state index in [-0.39, 0.29) is 6.42 Å². The van der Waals surface area contributed by atoms with Crippen molar-refractivity contribution in [2.75, 3.05) is 5.01 Å². The highest BCUT2D eigenvalue weighted by molar-refractivity contribution is 5.83. The van der Waals surface area contributed by atoms with Gasteiger partial charge in [-0.3, -0.25) is 14.8 Å². The molecule has 21 heavy (non-hydrogen) atoms. The van der Waals surface area contributed by atoms with E-state index in [0.29, 0.717) is 17.0 Å². The number of nitrogens with two attached hydrogens (primary N) is 1. The number of rotatable bonds is 5. The van der Waals surface area contributed by atoms with Gasteiger partial charge in [-0.1, -0.05) is 30.3 Å². The molecule has 0 fully saturated rings. The second kappa shape index (κ2) is 6.67. The molecular formula is C16H17N3O2. The molecule has 0 atom stereocenters. The number of anilines is 1. The lowest BCUT2D eigenvalue weighted by Crippen LogP contribution is -2.30. The minimum Gasteiger partial charge on any atom is -0.481 e. The molecule has 0 aliphatic heterocycles. The molecule has 0 amide bonds. The van der Waals surface area contributed by atoms with Crippen LogP contribution in [-0.4, -0.2) is 16.1 Å². The third kappa shape index (κ3) is 3.67. The highest BCUT2D eigenvalue weighted by Crippen LogP contribution is 2.26. The summed E-state index contributed by atoms with van der Waals surface area (Å²) in [7, 11) is 0. The molecule has 3 N–H and O–H groups in total. The summed E-state index contributed by atoms with van der Waals surface area (Å²) in [5, 5.41) is 10.5. The molecule has 0 spiro atoms. The number of carboxylic acids is 1. The van der Waals surface area contributed by atoms with E-state index in [1.165, 1.54) is 5.01 Å². The molecule has 1 heterocycles. The number of pyridine rings is 1. The van der Waals surface area contributed by atoms with Crippen LogP contribution in [0.4, 0.5) is 5.69 Å². The van der Waals surface area contributed by atoms with Crippen LogP contribution in [0.1, 0.15) is 18.9 Å². The van der Waals surface area contributed by atoms with Crippen molar-refractivity contribution in [1.82, 2.24) is 4.98 Å². The SMILES string of the molecule is C/C(CC(=O)O)=C(\c1ccccc1)N(N)c1cccnc1. The number of hydrogen-bond acceptors (Lipinski definition) is 4. The number of carbonyl (C=O) groups is 1. The fourth-order valence-corrected chi connectivity index (χ4v) is 2.12. The monoisotopic (exact) mass is 283 g/mol. The summed E-state index contributed by atoms with van der Waals surface area (Å²) in [5.41, 5.74) is 2.91. The molecule has 1 aromatic carbocycles. The Morgan fingerprint density at radius 1 is 1.24 bits per heavy atom. The Morgan fingerprint density at radius 3 is 2.52 bits per heavy atom. The molecule has 0 saturated carbocycles. The quantitative estimate of drug-likeness (QED) is 0.651. The van der Waals surface area contributed by atoms with E-state index in [2.05, 4.69) is 4.98 Å². The fraction of sp³-hybridized carbons (Fsp3) is 0.125. The third-order valence-electron chi connectivity index (χ3n) is 3.03. The number of aliphatic carboxylic acids is 1. The maximum atomic E-state index is 11.0. The Morgan fingerprint density at radius 2 is 1.95 bits per heavy atom. The standard InChI is InChI=1S/C16H17N3O2/c1-12(10-15(20)21)16(13-6-3-2-4-7-13)19(17)14-8-5-9-18-11-14/h2-9,11H,10,17H2,1H3,(H,20,21)/b16-12-.